The number of rotatable bonds is 4. The van der Waals surface area contributed by atoms with Gasteiger partial charge >= 0.3 is 6.09 Å². The van der Waals surface area contributed by atoms with E-state index in [9.17, 15) is 14.4 Å². The van der Waals surface area contributed by atoms with Crippen LogP contribution < -0.4 is 0 Å². The highest BCUT2D eigenvalue weighted by Gasteiger charge is 2.35. The van der Waals surface area contributed by atoms with Crippen LogP contribution in [0.25, 0.3) is 0 Å². The smallest absolute Gasteiger partial charge is 0.409 e. The maximum Gasteiger partial charge on any atom is 0.409 e. The Labute approximate surface area is 150 Å². The summed E-state index contributed by atoms with van der Waals surface area (Å²) in [6, 6.07) is -0.333. The van der Waals surface area contributed by atoms with E-state index in [1.807, 2.05) is 20.8 Å². The number of ether oxygens (including phenoxy) is 1. The van der Waals surface area contributed by atoms with Crippen molar-refractivity contribution < 1.29 is 19.1 Å². The van der Waals surface area contributed by atoms with Crippen molar-refractivity contribution in [3.63, 3.8) is 0 Å². The first kappa shape index (κ1) is 19.5. The van der Waals surface area contributed by atoms with E-state index in [-0.39, 0.29) is 23.9 Å². The Morgan fingerprint density at radius 1 is 1.00 bits per heavy atom. The number of likely N-dealkylation sites (tertiary alicyclic amines) is 1. The van der Waals surface area contributed by atoms with E-state index in [1.54, 1.807) is 14.7 Å². The number of nitrogens with zero attached hydrogens (tertiary/aromatic N) is 3. The van der Waals surface area contributed by atoms with Crippen LogP contribution in [-0.2, 0) is 14.3 Å². The first-order valence-corrected chi connectivity index (χ1v) is 9.44. The zero-order valence-corrected chi connectivity index (χ0v) is 15.7. The SMILES string of the molecule is CCC(=O)N1CCCCC1C(=O)N1CCN(C(=O)OCC(C)C)CC1. The molecule has 7 nitrogen and oxygen atoms in total. The van der Waals surface area contributed by atoms with Crippen molar-refractivity contribution in [2.75, 3.05) is 39.3 Å². The molecule has 2 saturated heterocycles. The Morgan fingerprint density at radius 3 is 2.24 bits per heavy atom. The van der Waals surface area contributed by atoms with Gasteiger partial charge in [-0.2, -0.15) is 0 Å². The molecule has 2 rings (SSSR count). The first-order valence-electron chi connectivity index (χ1n) is 9.44. The quantitative estimate of drug-likeness (QED) is 0.771. The molecule has 0 aromatic heterocycles. The van der Waals surface area contributed by atoms with Crippen molar-refractivity contribution in [3.8, 4) is 0 Å². The van der Waals surface area contributed by atoms with Gasteiger partial charge in [-0.1, -0.05) is 20.8 Å². The molecule has 1 unspecified atom stereocenters. The number of hydrogen-bond donors (Lipinski definition) is 0. The Bertz CT molecular complexity index is 487. The molecule has 2 fully saturated rings. The Morgan fingerprint density at radius 2 is 1.64 bits per heavy atom. The lowest BCUT2D eigenvalue weighted by molar-refractivity contribution is -0.148. The van der Waals surface area contributed by atoms with E-state index in [0.717, 1.165) is 19.3 Å². The highest BCUT2D eigenvalue weighted by atomic mass is 16.6. The van der Waals surface area contributed by atoms with Crippen LogP contribution in [-0.4, -0.2) is 78.0 Å². The molecule has 7 heteroatoms. The standard InChI is InChI=1S/C18H31N3O4/c1-4-16(22)21-8-6-5-7-15(21)17(23)19-9-11-20(12-10-19)18(24)25-13-14(2)3/h14-15H,4-13H2,1-3H3. The summed E-state index contributed by atoms with van der Waals surface area (Å²) in [7, 11) is 0. The largest absolute Gasteiger partial charge is 0.449 e. The van der Waals surface area contributed by atoms with Gasteiger partial charge in [-0.05, 0) is 25.2 Å². The van der Waals surface area contributed by atoms with Crippen LogP contribution in [0, 0.1) is 5.92 Å². The predicted molar refractivity (Wildman–Crippen MR) is 94.0 cm³/mol. The maximum absolute atomic E-state index is 12.9. The van der Waals surface area contributed by atoms with Crippen molar-refractivity contribution in [1.82, 2.24) is 14.7 Å². The van der Waals surface area contributed by atoms with E-state index < -0.39 is 0 Å². The molecule has 25 heavy (non-hydrogen) atoms. The van der Waals surface area contributed by atoms with E-state index in [2.05, 4.69) is 0 Å². The summed E-state index contributed by atoms with van der Waals surface area (Å²) in [5, 5.41) is 0. The minimum absolute atomic E-state index is 0.0247. The summed E-state index contributed by atoms with van der Waals surface area (Å²) in [6.07, 6.45) is 2.80. The fourth-order valence-corrected chi connectivity index (χ4v) is 3.34. The summed E-state index contributed by atoms with van der Waals surface area (Å²) in [4.78, 5) is 42.2. The van der Waals surface area contributed by atoms with Crippen molar-refractivity contribution in [3.05, 3.63) is 0 Å². The van der Waals surface area contributed by atoms with Gasteiger partial charge in [0.25, 0.3) is 0 Å². The lowest BCUT2D eigenvalue weighted by Crippen LogP contribution is -2.57. The molecule has 2 heterocycles. The lowest BCUT2D eigenvalue weighted by atomic mass is 10.00. The number of piperidine rings is 1. The van der Waals surface area contributed by atoms with Gasteiger partial charge < -0.3 is 19.4 Å². The minimum atomic E-state index is -0.333. The molecular formula is C18H31N3O4. The number of hydrogen-bond acceptors (Lipinski definition) is 4. The van der Waals surface area contributed by atoms with E-state index in [4.69, 9.17) is 4.74 Å². The number of amides is 3. The molecule has 3 amide bonds. The van der Waals surface area contributed by atoms with Gasteiger partial charge in [0.05, 0.1) is 6.61 Å². The number of carbonyl (C=O) groups excluding carboxylic acids is 3. The topological polar surface area (TPSA) is 70.2 Å². The molecule has 0 saturated carbocycles. The zero-order chi connectivity index (χ0) is 18.4. The van der Waals surface area contributed by atoms with Crippen LogP contribution in [0.15, 0.2) is 0 Å². The second-order valence-electron chi connectivity index (χ2n) is 7.24. The first-order chi connectivity index (χ1) is 11.9. The monoisotopic (exact) mass is 353 g/mol. The normalized spacial score (nSPS) is 21.4. The van der Waals surface area contributed by atoms with Gasteiger partial charge in [0.1, 0.15) is 6.04 Å². The molecule has 0 aliphatic carbocycles. The molecule has 0 radical (unpaired) electrons. The summed E-state index contributed by atoms with van der Waals surface area (Å²) in [5.41, 5.74) is 0. The summed E-state index contributed by atoms with van der Waals surface area (Å²) >= 11 is 0. The van der Waals surface area contributed by atoms with Gasteiger partial charge in [-0.25, -0.2) is 4.79 Å². The highest BCUT2D eigenvalue weighted by molar-refractivity contribution is 5.88. The predicted octanol–water partition coefficient (Wildman–Crippen LogP) is 1.71. The van der Waals surface area contributed by atoms with Gasteiger partial charge in [-0.3, -0.25) is 9.59 Å². The third-order valence-corrected chi connectivity index (χ3v) is 4.80. The van der Waals surface area contributed by atoms with Gasteiger partial charge in [0, 0.05) is 39.1 Å². The second-order valence-corrected chi connectivity index (χ2v) is 7.24. The van der Waals surface area contributed by atoms with Crippen LogP contribution in [0.4, 0.5) is 4.79 Å². The third kappa shape index (κ3) is 5.09. The molecule has 142 valence electrons. The van der Waals surface area contributed by atoms with Crippen LogP contribution in [0.2, 0.25) is 0 Å². The van der Waals surface area contributed by atoms with E-state index in [1.165, 1.54) is 0 Å². The zero-order valence-electron chi connectivity index (χ0n) is 15.7. The molecule has 0 N–H and O–H groups in total. The summed E-state index contributed by atoms with van der Waals surface area (Å²) in [6.45, 7) is 8.88. The molecule has 0 aromatic rings. The maximum atomic E-state index is 12.9. The average molecular weight is 353 g/mol. The number of carbonyl (C=O) groups is 3. The summed E-state index contributed by atoms with van der Waals surface area (Å²) < 4.78 is 5.25. The molecule has 2 aliphatic rings. The van der Waals surface area contributed by atoms with E-state index in [0.29, 0.717) is 51.7 Å². The Kier molecular flexibility index (Phi) is 7.08. The van der Waals surface area contributed by atoms with Crippen molar-refractivity contribution in [2.45, 2.75) is 52.5 Å². The van der Waals surface area contributed by atoms with Gasteiger partial charge in [0.15, 0.2) is 0 Å². The number of piperazine rings is 1. The van der Waals surface area contributed by atoms with Crippen molar-refractivity contribution in [2.24, 2.45) is 5.92 Å². The molecule has 0 bridgehead atoms. The van der Waals surface area contributed by atoms with Gasteiger partial charge in [0.2, 0.25) is 11.8 Å². The lowest BCUT2D eigenvalue weighted by Gasteiger charge is -2.40. The Balaban J connectivity index is 1.87. The van der Waals surface area contributed by atoms with E-state index >= 15 is 0 Å². The molecule has 1 atom stereocenters. The van der Waals surface area contributed by atoms with Crippen molar-refractivity contribution >= 4 is 17.9 Å². The summed E-state index contributed by atoms with van der Waals surface area (Å²) in [5.74, 6) is 0.380. The fraction of sp³-hybridized carbons (Fsp3) is 0.833. The molecule has 2 aliphatic heterocycles. The third-order valence-electron chi connectivity index (χ3n) is 4.80. The van der Waals surface area contributed by atoms with Gasteiger partial charge in [-0.15, -0.1) is 0 Å². The fourth-order valence-electron chi connectivity index (χ4n) is 3.34. The van der Waals surface area contributed by atoms with Crippen LogP contribution in [0.3, 0.4) is 0 Å². The average Bonchev–Trinajstić information content (AvgIpc) is 2.65. The van der Waals surface area contributed by atoms with Crippen LogP contribution >= 0.6 is 0 Å². The Hall–Kier alpha value is -1.79. The highest BCUT2D eigenvalue weighted by Crippen LogP contribution is 2.21. The molecule has 0 aromatic carbocycles. The van der Waals surface area contributed by atoms with Crippen molar-refractivity contribution in [1.29, 1.82) is 0 Å². The second kappa shape index (κ2) is 9.06. The van der Waals surface area contributed by atoms with Crippen LogP contribution in [0.5, 0.6) is 0 Å². The molecule has 0 spiro atoms. The minimum Gasteiger partial charge on any atom is -0.449 e. The molecular weight excluding hydrogens is 322 g/mol. The van der Waals surface area contributed by atoms with Crippen LogP contribution in [0.1, 0.15) is 46.5 Å².